The van der Waals surface area contributed by atoms with E-state index >= 15 is 0 Å². The average Bonchev–Trinajstić information content (AvgIpc) is 3.20. The van der Waals surface area contributed by atoms with Gasteiger partial charge in [-0.1, -0.05) is 6.92 Å². The molecule has 0 spiro atoms. The number of likely N-dealkylation sites (N-methyl/N-ethyl adjacent to an activating group) is 1. The van der Waals surface area contributed by atoms with Crippen LogP contribution in [0.25, 0.3) is 11.0 Å². The standard InChI is InChI=1S/C22H23NO5/c1-13-8-18(13)19-7-5-16(27-19)11-23(3)21(24)12-26-15-4-6-17-14(2)9-22(25)28-20(17)10-15/h4-7,9-10,13,18H,8,11-12H2,1-3H3. The lowest BCUT2D eigenvalue weighted by molar-refractivity contribution is -0.132. The van der Waals surface area contributed by atoms with Gasteiger partial charge in [-0.2, -0.15) is 0 Å². The minimum atomic E-state index is -0.406. The highest BCUT2D eigenvalue weighted by atomic mass is 16.5. The van der Waals surface area contributed by atoms with Crippen LogP contribution in [0.15, 0.2) is 50.0 Å². The third-order valence-electron chi connectivity index (χ3n) is 5.26. The van der Waals surface area contributed by atoms with Crippen LogP contribution in [0.2, 0.25) is 0 Å². The Morgan fingerprint density at radius 1 is 1.21 bits per heavy atom. The lowest BCUT2D eigenvalue weighted by Gasteiger charge is -2.16. The van der Waals surface area contributed by atoms with Crippen molar-refractivity contribution in [3.05, 3.63) is 63.9 Å². The number of benzene rings is 1. The summed E-state index contributed by atoms with van der Waals surface area (Å²) in [5, 5.41) is 0.842. The third kappa shape index (κ3) is 3.81. The summed E-state index contributed by atoms with van der Waals surface area (Å²) in [7, 11) is 1.72. The van der Waals surface area contributed by atoms with Crippen LogP contribution in [-0.2, 0) is 11.3 Å². The van der Waals surface area contributed by atoms with Gasteiger partial charge in [0.05, 0.1) is 6.54 Å². The fourth-order valence-electron chi connectivity index (χ4n) is 3.37. The summed E-state index contributed by atoms with van der Waals surface area (Å²) in [4.78, 5) is 25.5. The molecule has 1 saturated carbocycles. The van der Waals surface area contributed by atoms with Crippen molar-refractivity contribution < 1.29 is 18.4 Å². The molecule has 0 N–H and O–H groups in total. The van der Waals surface area contributed by atoms with Gasteiger partial charge < -0.3 is 18.5 Å². The van der Waals surface area contributed by atoms with Gasteiger partial charge in [-0.25, -0.2) is 4.79 Å². The number of fused-ring (bicyclic) bond motifs is 1. The highest BCUT2D eigenvalue weighted by molar-refractivity contribution is 5.81. The van der Waals surface area contributed by atoms with Crippen LogP contribution in [0, 0.1) is 12.8 Å². The Labute approximate surface area is 162 Å². The van der Waals surface area contributed by atoms with Gasteiger partial charge in [-0.15, -0.1) is 0 Å². The zero-order valence-electron chi connectivity index (χ0n) is 16.2. The maximum Gasteiger partial charge on any atom is 0.336 e. The Morgan fingerprint density at radius 2 is 2.00 bits per heavy atom. The lowest BCUT2D eigenvalue weighted by Crippen LogP contribution is -2.30. The normalized spacial score (nSPS) is 18.2. The summed E-state index contributed by atoms with van der Waals surface area (Å²) in [5.74, 6) is 3.30. The molecular weight excluding hydrogens is 358 g/mol. The molecule has 28 heavy (non-hydrogen) atoms. The van der Waals surface area contributed by atoms with Gasteiger partial charge in [-0.05, 0) is 49.1 Å². The number of nitrogens with zero attached hydrogens (tertiary/aromatic N) is 1. The Hall–Kier alpha value is -3.02. The smallest absolute Gasteiger partial charge is 0.336 e. The van der Waals surface area contributed by atoms with E-state index in [2.05, 4.69) is 6.92 Å². The molecule has 0 bridgehead atoms. The van der Waals surface area contributed by atoms with Gasteiger partial charge in [0.2, 0.25) is 0 Å². The molecule has 3 aromatic rings. The van der Waals surface area contributed by atoms with Crippen molar-refractivity contribution in [3.63, 3.8) is 0 Å². The van der Waals surface area contributed by atoms with Crippen LogP contribution in [0.3, 0.4) is 0 Å². The molecule has 1 amide bonds. The van der Waals surface area contributed by atoms with Gasteiger partial charge in [0.1, 0.15) is 22.9 Å². The highest BCUT2D eigenvalue weighted by Gasteiger charge is 2.36. The molecule has 6 nitrogen and oxygen atoms in total. The van der Waals surface area contributed by atoms with Crippen LogP contribution in [0.1, 0.15) is 36.3 Å². The van der Waals surface area contributed by atoms with Gasteiger partial charge in [0.25, 0.3) is 5.91 Å². The second-order valence-electron chi connectivity index (χ2n) is 7.57. The van der Waals surface area contributed by atoms with Crippen molar-refractivity contribution in [2.75, 3.05) is 13.7 Å². The Morgan fingerprint density at radius 3 is 2.75 bits per heavy atom. The van der Waals surface area contributed by atoms with E-state index in [4.69, 9.17) is 13.6 Å². The number of ether oxygens (including phenoxy) is 1. The molecule has 1 fully saturated rings. The molecule has 0 aliphatic heterocycles. The van der Waals surface area contributed by atoms with Crippen molar-refractivity contribution in [1.29, 1.82) is 0 Å². The van der Waals surface area contributed by atoms with E-state index in [1.165, 1.54) is 12.5 Å². The molecule has 0 radical (unpaired) electrons. The first-order chi connectivity index (χ1) is 13.4. The number of hydrogen-bond acceptors (Lipinski definition) is 5. The van der Waals surface area contributed by atoms with Crippen LogP contribution in [-0.4, -0.2) is 24.5 Å². The fourth-order valence-corrected chi connectivity index (χ4v) is 3.37. The van der Waals surface area contributed by atoms with Gasteiger partial charge in [0.15, 0.2) is 6.61 Å². The monoisotopic (exact) mass is 381 g/mol. The van der Waals surface area contributed by atoms with E-state index in [0.29, 0.717) is 29.7 Å². The number of amides is 1. The summed E-state index contributed by atoms with van der Waals surface area (Å²) in [6.07, 6.45) is 1.17. The third-order valence-corrected chi connectivity index (χ3v) is 5.26. The first-order valence-electron chi connectivity index (χ1n) is 9.40. The van der Waals surface area contributed by atoms with Crippen molar-refractivity contribution in [3.8, 4) is 5.75 Å². The zero-order chi connectivity index (χ0) is 19.8. The number of aryl methyl sites for hydroxylation is 1. The number of carbonyl (C=O) groups excluding carboxylic acids is 1. The minimum absolute atomic E-state index is 0.106. The summed E-state index contributed by atoms with van der Waals surface area (Å²) in [6.45, 7) is 4.35. The maximum absolute atomic E-state index is 12.4. The van der Waals surface area contributed by atoms with Crippen LogP contribution in [0.5, 0.6) is 5.75 Å². The number of carbonyl (C=O) groups is 1. The SMILES string of the molecule is Cc1cc(=O)oc2cc(OCC(=O)N(C)Cc3ccc(C4CC4C)o3)ccc12. The predicted molar refractivity (Wildman–Crippen MR) is 104 cm³/mol. The van der Waals surface area contributed by atoms with Gasteiger partial charge in [0, 0.05) is 30.5 Å². The Bertz CT molecular complexity index is 1080. The molecule has 2 unspecified atom stereocenters. The highest BCUT2D eigenvalue weighted by Crippen LogP contribution is 2.47. The van der Waals surface area contributed by atoms with Crippen molar-refractivity contribution in [2.45, 2.75) is 32.7 Å². The summed E-state index contributed by atoms with van der Waals surface area (Å²) < 4.78 is 16.7. The maximum atomic E-state index is 12.4. The molecule has 2 heterocycles. The summed E-state index contributed by atoms with van der Waals surface area (Å²) in [5.41, 5.74) is 0.879. The fraction of sp³-hybridized carbons (Fsp3) is 0.364. The molecule has 4 rings (SSSR count). The van der Waals surface area contributed by atoms with E-state index in [-0.39, 0.29) is 12.5 Å². The molecule has 1 aliphatic carbocycles. The second-order valence-corrected chi connectivity index (χ2v) is 7.57. The molecule has 1 aliphatic rings. The number of rotatable bonds is 6. The number of furan rings is 1. The van der Waals surface area contributed by atoms with Gasteiger partial charge >= 0.3 is 5.63 Å². The Kier molecular flexibility index (Phi) is 4.71. The molecular formula is C22H23NO5. The first kappa shape index (κ1) is 18.3. The minimum Gasteiger partial charge on any atom is -0.484 e. The Balaban J connectivity index is 1.36. The predicted octanol–water partition coefficient (Wildman–Crippen LogP) is 3.86. The zero-order valence-corrected chi connectivity index (χ0v) is 16.2. The summed E-state index contributed by atoms with van der Waals surface area (Å²) >= 11 is 0. The van der Waals surface area contributed by atoms with Crippen molar-refractivity contribution >= 4 is 16.9 Å². The lowest BCUT2D eigenvalue weighted by atomic mass is 10.1. The summed E-state index contributed by atoms with van der Waals surface area (Å²) in [6, 6.07) is 10.6. The van der Waals surface area contributed by atoms with Crippen LogP contribution < -0.4 is 10.4 Å². The largest absolute Gasteiger partial charge is 0.484 e. The molecule has 6 heteroatoms. The van der Waals surface area contributed by atoms with E-state index in [0.717, 1.165) is 22.5 Å². The molecule has 0 saturated heterocycles. The molecule has 146 valence electrons. The van der Waals surface area contributed by atoms with Crippen LogP contribution >= 0.6 is 0 Å². The van der Waals surface area contributed by atoms with E-state index < -0.39 is 5.63 Å². The van der Waals surface area contributed by atoms with E-state index in [1.807, 2.05) is 25.1 Å². The number of hydrogen-bond donors (Lipinski definition) is 0. The second kappa shape index (κ2) is 7.19. The topological polar surface area (TPSA) is 72.9 Å². The molecule has 2 aromatic heterocycles. The first-order valence-corrected chi connectivity index (χ1v) is 9.40. The quantitative estimate of drug-likeness (QED) is 0.606. The van der Waals surface area contributed by atoms with E-state index in [9.17, 15) is 9.59 Å². The van der Waals surface area contributed by atoms with E-state index in [1.54, 1.807) is 24.1 Å². The van der Waals surface area contributed by atoms with Crippen LogP contribution in [0.4, 0.5) is 0 Å². The average molecular weight is 381 g/mol. The van der Waals surface area contributed by atoms with Crippen molar-refractivity contribution in [2.24, 2.45) is 5.92 Å². The van der Waals surface area contributed by atoms with Gasteiger partial charge in [-0.3, -0.25) is 4.79 Å². The molecule has 1 aromatic carbocycles. The van der Waals surface area contributed by atoms with Crippen molar-refractivity contribution in [1.82, 2.24) is 4.90 Å². The molecule has 2 atom stereocenters.